The lowest BCUT2D eigenvalue weighted by atomic mass is 9.98. The number of amides is 2. The molecular formula is C27H33N5O7. The Balaban J connectivity index is 1.31. The fourth-order valence-corrected chi connectivity index (χ4v) is 4.33. The first-order valence-corrected chi connectivity index (χ1v) is 12.8. The van der Waals surface area contributed by atoms with Crippen LogP contribution in [0.15, 0.2) is 53.6 Å². The number of nitrogens with zero attached hydrogens (tertiary/aromatic N) is 3. The quantitative estimate of drug-likeness (QED) is 0.119. The number of hydrogen-bond acceptors (Lipinski definition) is 7. The van der Waals surface area contributed by atoms with E-state index in [-0.39, 0.29) is 57.8 Å². The number of unbranched alkanes of at least 4 members (excludes halogenated alkanes) is 1. The molecule has 0 aromatic heterocycles. The summed E-state index contributed by atoms with van der Waals surface area (Å²) in [5, 5.41) is 18.0. The van der Waals surface area contributed by atoms with Gasteiger partial charge in [0.1, 0.15) is 19.3 Å². The molecule has 2 aromatic rings. The molecule has 1 aliphatic carbocycles. The van der Waals surface area contributed by atoms with Crippen LogP contribution in [0.1, 0.15) is 36.3 Å². The Morgan fingerprint density at radius 3 is 2.31 bits per heavy atom. The van der Waals surface area contributed by atoms with Crippen LogP contribution < -0.4 is 10.6 Å². The van der Waals surface area contributed by atoms with Gasteiger partial charge in [-0.25, -0.2) is 9.59 Å². The van der Waals surface area contributed by atoms with E-state index in [1.165, 1.54) is 0 Å². The van der Waals surface area contributed by atoms with E-state index in [1.54, 1.807) is 0 Å². The van der Waals surface area contributed by atoms with Crippen molar-refractivity contribution in [3.8, 4) is 11.1 Å². The van der Waals surface area contributed by atoms with Gasteiger partial charge in [-0.1, -0.05) is 53.6 Å². The Morgan fingerprint density at radius 2 is 1.64 bits per heavy atom. The van der Waals surface area contributed by atoms with Gasteiger partial charge < -0.3 is 30.0 Å². The van der Waals surface area contributed by atoms with E-state index < -0.39 is 18.1 Å². The van der Waals surface area contributed by atoms with E-state index in [4.69, 9.17) is 19.7 Å². The zero-order valence-corrected chi connectivity index (χ0v) is 21.6. The number of alkyl carbamates (subject to hydrolysis) is 1. The summed E-state index contributed by atoms with van der Waals surface area (Å²) < 4.78 is 15.8. The molecular weight excluding hydrogens is 506 g/mol. The summed E-state index contributed by atoms with van der Waals surface area (Å²) in [5.41, 5.74) is 12.5. The molecule has 3 N–H and O–H groups in total. The number of rotatable bonds is 17. The molecule has 208 valence electrons. The van der Waals surface area contributed by atoms with E-state index in [0.717, 1.165) is 22.3 Å². The van der Waals surface area contributed by atoms with Gasteiger partial charge in [0, 0.05) is 23.9 Å². The molecule has 12 nitrogen and oxygen atoms in total. The van der Waals surface area contributed by atoms with Crippen LogP contribution in [-0.2, 0) is 23.8 Å². The van der Waals surface area contributed by atoms with E-state index >= 15 is 0 Å². The van der Waals surface area contributed by atoms with Crippen LogP contribution >= 0.6 is 0 Å². The molecule has 0 saturated carbocycles. The summed E-state index contributed by atoms with van der Waals surface area (Å²) >= 11 is 0. The molecule has 0 aliphatic heterocycles. The highest BCUT2D eigenvalue weighted by molar-refractivity contribution is 5.81. The second kappa shape index (κ2) is 16.0. The van der Waals surface area contributed by atoms with Crippen molar-refractivity contribution in [3.05, 3.63) is 70.1 Å². The first kappa shape index (κ1) is 29.4. The third-order valence-electron chi connectivity index (χ3n) is 6.18. The summed E-state index contributed by atoms with van der Waals surface area (Å²) in [4.78, 5) is 38.5. The highest BCUT2D eigenvalue weighted by atomic mass is 16.5. The Labute approximate surface area is 226 Å². The van der Waals surface area contributed by atoms with Crippen molar-refractivity contribution in [2.45, 2.75) is 31.2 Å². The molecule has 39 heavy (non-hydrogen) atoms. The lowest BCUT2D eigenvalue weighted by Crippen LogP contribution is -2.41. The first-order chi connectivity index (χ1) is 19.0. The molecule has 12 heteroatoms. The highest BCUT2D eigenvalue weighted by Gasteiger charge is 2.29. The predicted molar refractivity (Wildman–Crippen MR) is 142 cm³/mol. The summed E-state index contributed by atoms with van der Waals surface area (Å²) in [6, 6.07) is 14.8. The van der Waals surface area contributed by atoms with Gasteiger partial charge in [-0.15, -0.1) is 0 Å². The minimum atomic E-state index is -1.15. The van der Waals surface area contributed by atoms with Crippen molar-refractivity contribution in [3.63, 3.8) is 0 Å². The average molecular weight is 540 g/mol. The Morgan fingerprint density at radius 1 is 0.974 bits per heavy atom. The van der Waals surface area contributed by atoms with Crippen molar-refractivity contribution in [1.82, 2.24) is 10.6 Å². The number of fused-ring (bicyclic) bond motifs is 3. The predicted octanol–water partition coefficient (Wildman–Crippen LogP) is 3.61. The monoisotopic (exact) mass is 539 g/mol. The zero-order valence-electron chi connectivity index (χ0n) is 21.6. The molecule has 0 radical (unpaired) electrons. The van der Waals surface area contributed by atoms with Crippen molar-refractivity contribution < 1.29 is 33.7 Å². The first-order valence-electron chi connectivity index (χ1n) is 12.8. The van der Waals surface area contributed by atoms with Gasteiger partial charge in [0.15, 0.2) is 0 Å². The second-order valence-electron chi connectivity index (χ2n) is 8.83. The maximum atomic E-state index is 12.4. The maximum absolute atomic E-state index is 12.4. The van der Waals surface area contributed by atoms with Gasteiger partial charge in [0.05, 0.1) is 19.8 Å². The third-order valence-corrected chi connectivity index (χ3v) is 6.18. The zero-order chi connectivity index (χ0) is 27.9. The minimum absolute atomic E-state index is 0.0994. The molecule has 0 unspecified atom stereocenters. The largest absolute Gasteiger partial charge is 0.480 e. The summed E-state index contributed by atoms with van der Waals surface area (Å²) in [6.45, 7) is 1.35. The lowest BCUT2D eigenvalue weighted by molar-refractivity contribution is -0.139. The van der Waals surface area contributed by atoms with Crippen LogP contribution in [0.2, 0.25) is 0 Å². The molecule has 0 fully saturated rings. The van der Waals surface area contributed by atoms with Gasteiger partial charge in [-0.3, -0.25) is 4.79 Å². The molecule has 0 saturated heterocycles. The van der Waals surface area contributed by atoms with Gasteiger partial charge >= 0.3 is 12.1 Å². The maximum Gasteiger partial charge on any atom is 0.407 e. The second-order valence-corrected chi connectivity index (χ2v) is 8.83. The number of carbonyl (C=O) groups excluding carboxylic acids is 2. The lowest BCUT2D eigenvalue weighted by Gasteiger charge is -2.17. The van der Waals surface area contributed by atoms with Crippen molar-refractivity contribution >= 4 is 18.0 Å². The number of nitrogens with one attached hydrogen (secondary N) is 2. The van der Waals surface area contributed by atoms with Crippen LogP contribution in [0.25, 0.3) is 21.6 Å². The van der Waals surface area contributed by atoms with Crippen LogP contribution in [0.4, 0.5) is 4.79 Å². The SMILES string of the molecule is [N-]=[N+]=NCCOCCOCC(=O)NCCCC[C@H](NC(=O)OCC1c2ccccc2-c2ccccc21)C(=O)O. The average Bonchev–Trinajstić information content (AvgIpc) is 3.26. The number of carboxylic acids is 1. The number of carbonyl (C=O) groups is 3. The van der Waals surface area contributed by atoms with Crippen LogP contribution in [0.3, 0.4) is 0 Å². The molecule has 2 aromatic carbocycles. The number of ether oxygens (including phenoxy) is 3. The number of hydrogen-bond donors (Lipinski definition) is 3. The fourth-order valence-electron chi connectivity index (χ4n) is 4.33. The van der Waals surface area contributed by atoms with Crippen LogP contribution in [-0.4, -0.2) is 75.2 Å². The standard InChI is InChI=1S/C27H33N5O7/c28-32-30-13-14-37-15-16-38-18-25(33)29-12-6-5-11-24(26(34)35)31-27(36)39-17-23-21-9-3-1-7-19(21)20-8-2-4-10-22(20)23/h1-4,7-10,23-24H,5-6,11-18H2,(H,29,33)(H,31,36)(H,34,35)/t24-/m0/s1. The van der Waals surface area contributed by atoms with Gasteiger partial charge in [0.2, 0.25) is 5.91 Å². The highest BCUT2D eigenvalue weighted by Crippen LogP contribution is 2.44. The van der Waals surface area contributed by atoms with Gasteiger partial charge in [-0.05, 0) is 47.0 Å². The molecule has 0 spiro atoms. The molecule has 1 atom stereocenters. The number of aliphatic carboxylic acids is 1. The molecule has 1 aliphatic rings. The normalized spacial score (nSPS) is 12.5. The fraction of sp³-hybridized carbons (Fsp3) is 0.444. The summed E-state index contributed by atoms with van der Waals surface area (Å²) in [5.74, 6) is -1.56. The molecule has 0 bridgehead atoms. The summed E-state index contributed by atoms with van der Waals surface area (Å²) in [7, 11) is 0. The Hall–Kier alpha value is -4.12. The van der Waals surface area contributed by atoms with E-state index in [9.17, 15) is 19.5 Å². The van der Waals surface area contributed by atoms with Gasteiger partial charge in [0.25, 0.3) is 0 Å². The number of benzene rings is 2. The van der Waals surface area contributed by atoms with Crippen LogP contribution in [0.5, 0.6) is 0 Å². The van der Waals surface area contributed by atoms with E-state index in [0.29, 0.717) is 19.4 Å². The van der Waals surface area contributed by atoms with E-state index in [1.807, 2.05) is 48.5 Å². The van der Waals surface area contributed by atoms with Gasteiger partial charge in [-0.2, -0.15) is 0 Å². The smallest absolute Gasteiger partial charge is 0.407 e. The summed E-state index contributed by atoms with van der Waals surface area (Å²) in [6.07, 6.45) is 0.418. The molecule has 2 amide bonds. The Bertz CT molecular complexity index is 1120. The van der Waals surface area contributed by atoms with Crippen molar-refractivity contribution in [2.75, 3.05) is 46.1 Å². The van der Waals surface area contributed by atoms with E-state index in [2.05, 4.69) is 20.7 Å². The minimum Gasteiger partial charge on any atom is -0.480 e. The molecule has 0 heterocycles. The van der Waals surface area contributed by atoms with Crippen LogP contribution in [0, 0.1) is 0 Å². The topological polar surface area (TPSA) is 172 Å². The van der Waals surface area contributed by atoms with Crippen molar-refractivity contribution in [1.29, 1.82) is 0 Å². The molecule has 3 rings (SSSR count). The van der Waals surface area contributed by atoms with Crippen molar-refractivity contribution in [2.24, 2.45) is 5.11 Å². The Kier molecular flexibility index (Phi) is 12.1. The number of carboxylic acid groups (broad SMARTS) is 1. The number of azide groups is 1. The third kappa shape index (κ3) is 9.29.